The van der Waals surface area contributed by atoms with Gasteiger partial charge in [-0.05, 0) is 31.2 Å². The van der Waals surface area contributed by atoms with Gasteiger partial charge in [-0.3, -0.25) is 4.79 Å². The normalized spacial score (nSPS) is 14.7. The number of amides is 1. The largest absolute Gasteiger partial charge is 0.456 e. The van der Waals surface area contributed by atoms with Crippen LogP contribution in [0.15, 0.2) is 34.9 Å². The van der Waals surface area contributed by atoms with Gasteiger partial charge in [-0.1, -0.05) is 0 Å². The molecule has 1 aliphatic rings. The maximum atomic E-state index is 12.3. The molecular formula is C16H16N4O2. The number of carbonyl (C=O) groups is 1. The zero-order valence-corrected chi connectivity index (χ0v) is 12.3. The second-order valence-corrected chi connectivity index (χ2v) is 5.18. The minimum Gasteiger partial charge on any atom is -0.456 e. The number of aryl methyl sites for hydroxylation is 1. The van der Waals surface area contributed by atoms with Gasteiger partial charge in [-0.15, -0.1) is 0 Å². The summed E-state index contributed by atoms with van der Waals surface area (Å²) in [5.41, 5.74) is 0.559. The number of piperazine rings is 1. The summed E-state index contributed by atoms with van der Waals surface area (Å²) in [5, 5.41) is 9.15. The van der Waals surface area contributed by atoms with Crippen molar-refractivity contribution in [2.45, 2.75) is 6.92 Å². The molecular weight excluding hydrogens is 280 g/mol. The average molecular weight is 296 g/mol. The Morgan fingerprint density at radius 2 is 2.05 bits per heavy atom. The molecule has 0 saturated carbocycles. The Balaban J connectivity index is 1.68. The summed E-state index contributed by atoms with van der Waals surface area (Å²) in [5.74, 6) is 1.70. The molecule has 0 spiro atoms. The Bertz CT molecular complexity index is 724. The monoisotopic (exact) mass is 296 g/mol. The maximum Gasteiger partial charge on any atom is 0.289 e. The molecule has 6 heteroatoms. The highest BCUT2D eigenvalue weighted by atomic mass is 16.3. The van der Waals surface area contributed by atoms with E-state index in [1.54, 1.807) is 35.4 Å². The van der Waals surface area contributed by atoms with Crippen LogP contribution in [0.1, 0.15) is 21.9 Å². The van der Waals surface area contributed by atoms with E-state index in [0.29, 0.717) is 43.3 Å². The molecule has 2 aromatic rings. The van der Waals surface area contributed by atoms with Crippen LogP contribution in [0.25, 0.3) is 0 Å². The van der Waals surface area contributed by atoms with Crippen molar-refractivity contribution < 1.29 is 9.21 Å². The summed E-state index contributed by atoms with van der Waals surface area (Å²) in [6.07, 6.45) is 1.68. The first kappa shape index (κ1) is 14.1. The van der Waals surface area contributed by atoms with Crippen LogP contribution in [0.4, 0.5) is 5.82 Å². The number of rotatable bonds is 2. The molecule has 2 aromatic heterocycles. The number of anilines is 1. The lowest BCUT2D eigenvalue weighted by Gasteiger charge is -2.35. The molecule has 1 aliphatic heterocycles. The van der Waals surface area contributed by atoms with Crippen LogP contribution >= 0.6 is 0 Å². The number of hydrogen-bond acceptors (Lipinski definition) is 5. The van der Waals surface area contributed by atoms with Crippen molar-refractivity contribution in [2.24, 2.45) is 0 Å². The van der Waals surface area contributed by atoms with Gasteiger partial charge in [-0.2, -0.15) is 5.26 Å². The maximum absolute atomic E-state index is 12.3. The lowest BCUT2D eigenvalue weighted by atomic mass is 10.2. The first-order chi connectivity index (χ1) is 10.7. The Labute approximate surface area is 128 Å². The minimum atomic E-state index is -0.0886. The fourth-order valence-corrected chi connectivity index (χ4v) is 2.56. The van der Waals surface area contributed by atoms with Crippen molar-refractivity contribution in [3.05, 3.63) is 47.5 Å². The van der Waals surface area contributed by atoms with E-state index in [-0.39, 0.29) is 5.91 Å². The molecule has 0 bridgehead atoms. The zero-order valence-electron chi connectivity index (χ0n) is 12.3. The van der Waals surface area contributed by atoms with Gasteiger partial charge >= 0.3 is 0 Å². The van der Waals surface area contributed by atoms with E-state index in [4.69, 9.17) is 9.68 Å². The molecule has 0 radical (unpaired) electrons. The van der Waals surface area contributed by atoms with Crippen LogP contribution in [-0.4, -0.2) is 42.0 Å². The molecule has 6 nitrogen and oxygen atoms in total. The Hall–Kier alpha value is -2.81. The summed E-state index contributed by atoms with van der Waals surface area (Å²) in [6.45, 7) is 4.29. The van der Waals surface area contributed by atoms with E-state index in [0.717, 1.165) is 5.76 Å². The van der Waals surface area contributed by atoms with Gasteiger partial charge < -0.3 is 14.2 Å². The Kier molecular flexibility index (Phi) is 3.79. The summed E-state index contributed by atoms with van der Waals surface area (Å²) >= 11 is 0. The third-order valence-corrected chi connectivity index (χ3v) is 3.72. The molecule has 1 amide bonds. The van der Waals surface area contributed by atoms with E-state index in [1.165, 1.54) is 0 Å². The van der Waals surface area contributed by atoms with Crippen molar-refractivity contribution in [3.8, 4) is 6.07 Å². The Morgan fingerprint density at radius 1 is 1.27 bits per heavy atom. The van der Waals surface area contributed by atoms with E-state index in [9.17, 15) is 4.79 Å². The minimum absolute atomic E-state index is 0.0886. The van der Waals surface area contributed by atoms with Crippen LogP contribution in [0.5, 0.6) is 0 Å². The summed E-state index contributed by atoms with van der Waals surface area (Å²) in [6, 6.07) is 9.16. The van der Waals surface area contributed by atoms with Gasteiger partial charge in [0, 0.05) is 32.4 Å². The predicted molar refractivity (Wildman–Crippen MR) is 80.5 cm³/mol. The van der Waals surface area contributed by atoms with Crippen LogP contribution in [0.2, 0.25) is 0 Å². The highest BCUT2D eigenvalue weighted by molar-refractivity contribution is 5.91. The highest BCUT2D eigenvalue weighted by Crippen LogP contribution is 2.19. The molecule has 0 aliphatic carbocycles. The highest BCUT2D eigenvalue weighted by Gasteiger charge is 2.25. The lowest BCUT2D eigenvalue weighted by Crippen LogP contribution is -2.49. The van der Waals surface area contributed by atoms with Crippen molar-refractivity contribution in [1.82, 2.24) is 9.88 Å². The molecule has 22 heavy (non-hydrogen) atoms. The van der Waals surface area contributed by atoms with Crippen molar-refractivity contribution in [2.75, 3.05) is 31.1 Å². The fraction of sp³-hybridized carbons (Fsp3) is 0.312. The summed E-state index contributed by atoms with van der Waals surface area (Å²) in [4.78, 5) is 20.4. The van der Waals surface area contributed by atoms with Crippen molar-refractivity contribution in [1.29, 1.82) is 5.26 Å². The Morgan fingerprint density at radius 3 is 2.68 bits per heavy atom. The molecule has 0 atom stereocenters. The van der Waals surface area contributed by atoms with E-state index >= 15 is 0 Å². The van der Waals surface area contributed by atoms with Crippen molar-refractivity contribution in [3.63, 3.8) is 0 Å². The molecule has 3 rings (SSSR count). The summed E-state index contributed by atoms with van der Waals surface area (Å²) in [7, 11) is 0. The number of hydrogen-bond donors (Lipinski definition) is 0. The average Bonchev–Trinajstić information content (AvgIpc) is 3.01. The number of carbonyl (C=O) groups excluding carboxylic acids is 1. The molecule has 0 aromatic carbocycles. The SMILES string of the molecule is Cc1ccc(C(=O)N2CCN(c3ncccc3C#N)CC2)o1. The topological polar surface area (TPSA) is 73.4 Å². The predicted octanol–water partition coefficient (Wildman–Crippen LogP) is 1.82. The van der Waals surface area contributed by atoms with Crippen LogP contribution in [0, 0.1) is 18.3 Å². The third-order valence-electron chi connectivity index (χ3n) is 3.72. The van der Waals surface area contributed by atoms with Gasteiger partial charge in [0.25, 0.3) is 5.91 Å². The number of nitriles is 1. The second-order valence-electron chi connectivity index (χ2n) is 5.18. The molecule has 1 saturated heterocycles. The van der Waals surface area contributed by atoms with Crippen molar-refractivity contribution >= 4 is 11.7 Å². The standard InChI is InChI=1S/C16H16N4O2/c1-12-4-5-14(22-12)16(21)20-9-7-19(8-10-20)15-13(11-17)3-2-6-18-15/h2-6H,7-10H2,1H3. The van der Waals surface area contributed by atoms with Gasteiger partial charge in [0.15, 0.2) is 5.76 Å². The molecule has 0 unspecified atom stereocenters. The number of aromatic nitrogens is 1. The van der Waals surface area contributed by atoms with Crippen LogP contribution in [0.3, 0.4) is 0 Å². The first-order valence-corrected chi connectivity index (χ1v) is 7.15. The van der Waals surface area contributed by atoms with E-state index < -0.39 is 0 Å². The van der Waals surface area contributed by atoms with Crippen LogP contribution < -0.4 is 4.90 Å². The lowest BCUT2D eigenvalue weighted by molar-refractivity contribution is 0.0713. The van der Waals surface area contributed by atoms with E-state index in [1.807, 2.05) is 11.8 Å². The van der Waals surface area contributed by atoms with Gasteiger partial charge in [0.05, 0.1) is 5.56 Å². The number of pyridine rings is 1. The quantitative estimate of drug-likeness (QED) is 0.845. The molecule has 112 valence electrons. The van der Waals surface area contributed by atoms with Gasteiger partial charge in [-0.25, -0.2) is 4.98 Å². The fourth-order valence-electron chi connectivity index (χ4n) is 2.56. The first-order valence-electron chi connectivity index (χ1n) is 7.15. The summed E-state index contributed by atoms with van der Waals surface area (Å²) < 4.78 is 5.39. The second kappa shape index (κ2) is 5.90. The number of nitrogens with zero attached hydrogens (tertiary/aromatic N) is 4. The van der Waals surface area contributed by atoms with Crippen LogP contribution in [-0.2, 0) is 0 Å². The molecule has 3 heterocycles. The van der Waals surface area contributed by atoms with Gasteiger partial charge in [0.2, 0.25) is 0 Å². The van der Waals surface area contributed by atoms with E-state index in [2.05, 4.69) is 11.1 Å². The van der Waals surface area contributed by atoms with Gasteiger partial charge in [0.1, 0.15) is 17.6 Å². The third kappa shape index (κ3) is 2.66. The smallest absolute Gasteiger partial charge is 0.289 e. The number of furan rings is 1. The molecule has 0 N–H and O–H groups in total. The molecule has 1 fully saturated rings. The zero-order chi connectivity index (χ0) is 15.5.